The summed E-state index contributed by atoms with van der Waals surface area (Å²) in [6, 6.07) is 29.1. The Morgan fingerprint density at radius 1 is 0.833 bits per heavy atom. The molecule has 284 valence electrons. The van der Waals surface area contributed by atoms with Crippen LogP contribution in [0.25, 0.3) is 10.9 Å². The summed E-state index contributed by atoms with van der Waals surface area (Å²) in [7, 11) is -3.99. The number of aryl methyl sites for hydroxylation is 1. The number of benzene rings is 4. The highest BCUT2D eigenvalue weighted by Crippen LogP contribution is 2.42. The predicted octanol–water partition coefficient (Wildman–Crippen LogP) is 6.26. The molecule has 5 aromatic rings. The zero-order chi connectivity index (χ0) is 37.8. The van der Waals surface area contributed by atoms with E-state index in [-0.39, 0.29) is 30.5 Å². The number of hydrogen-bond acceptors (Lipinski definition) is 9. The molecule has 0 saturated carbocycles. The summed E-state index contributed by atoms with van der Waals surface area (Å²) in [5.74, 6) is -0.633. The minimum absolute atomic E-state index is 0.0804. The third-order valence-corrected chi connectivity index (χ3v) is 11.1. The molecule has 11 nitrogen and oxygen atoms in total. The van der Waals surface area contributed by atoms with Crippen LogP contribution in [-0.2, 0) is 25.6 Å². The molecule has 0 radical (unpaired) electrons. The first-order chi connectivity index (χ1) is 26.1. The van der Waals surface area contributed by atoms with Gasteiger partial charge in [-0.05, 0) is 73.0 Å². The number of fused-ring (bicyclic) bond motifs is 1. The first kappa shape index (κ1) is 37.7. The number of ether oxygens (including phenoxy) is 1. The van der Waals surface area contributed by atoms with Crippen molar-refractivity contribution in [1.29, 1.82) is 0 Å². The number of amides is 1. The molecule has 1 aromatic heterocycles. The number of carbonyl (C=O) groups is 1. The van der Waals surface area contributed by atoms with E-state index in [9.17, 15) is 18.6 Å². The van der Waals surface area contributed by atoms with E-state index in [0.717, 1.165) is 85.2 Å². The molecule has 3 heterocycles. The maximum atomic E-state index is 15.5. The molecule has 1 amide bonds. The number of phenolic OH excluding ortho intramolecular Hbond substituents is 2. The Kier molecular flexibility index (Phi) is 11.5. The number of nitrogens with zero attached hydrogens (tertiary/aromatic N) is 4. The normalized spacial score (nSPS) is 17.1. The Balaban J connectivity index is 1.36. The SMILES string of the molecule is CS(=O)(=O)OC1CN(c2ccccc2Cl)CCN1C(=O)c1c(C(c2ccc(O)cc2)c2ccc(O)cc2)c2ccccc2n1CCCCN1CCOCC1. The molecule has 0 bridgehead atoms. The van der Waals surface area contributed by atoms with Crippen molar-refractivity contribution >= 4 is 44.2 Å². The monoisotopic (exact) mass is 772 g/mol. The molecule has 4 aromatic carbocycles. The van der Waals surface area contributed by atoms with Crippen molar-refractivity contribution in [2.45, 2.75) is 31.5 Å². The number of anilines is 1. The summed E-state index contributed by atoms with van der Waals surface area (Å²) in [6.07, 6.45) is 1.55. The standard InChI is InChI=1S/C41H45ClN4O7S/c1-54(50,51)53-37-28-44(36-11-5-3-9-34(36)42)22-23-46(37)41(49)40-39(38(29-12-16-31(47)17-13-29)30-14-18-32(48)19-15-30)33-8-2-4-10-35(33)45(40)21-7-6-20-43-24-26-52-27-25-43/h2-5,8-19,37-38,47-48H,6-7,20-28H2,1H3. The Morgan fingerprint density at radius 3 is 2.09 bits per heavy atom. The summed E-state index contributed by atoms with van der Waals surface area (Å²) in [5.41, 5.74) is 4.43. The lowest BCUT2D eigenvalue weighted by Gasteiger charge is -2.41. The number of morpholine rings is 1. The van der Waals surface area contributed by atoms with Gasteiger partial charge in [0.2, 0.25) is 0 Å². The summed E-state index contributed by atoms with van der Waals surface area (Å²) in [6.45, 7) is 5.33. The number of unbranched alkanes of at least 4 members (excludes halogenated alkanes) is 1. The van der Waals surface area contributed by atoms with Gasteiger partial charge in [-0.2, -0.15) is 8.42 Å². The Bertz CT molecular complexity index is 2140. The molecule has 0 aliphatic carbocycles. The molecular weight excluding hydrogens is 728 g/mol. The first-order valence-corrected chi connectivity index (χ1v) is 20.4. The van der Waals surface area contributed by atoms with Crippen LogP contribution >= 0.6 is 11.6 Å². The maximum Gasteiger partial charge on any atom is 0.273 e. The van der Waals surface area contributed by atoms with Crippen LogP contribution in [0.3, 0.4) is 0 Å². The number of halogens is 1. The van der Waals surface area contributed by atoms with Crippen LogP contribution < -0.4 is 4.90 Å². The fraction of sp³-hybridized carbons (Fsp3) is 0.341. The van der Waals surface area contributed by atoms with Crippen LogP contribution in [0.5, 0.6) is 11.5 Å². The number of piperazine rings is 1. The summed E-state index contributed by atoms with van der Waals surface area (Å²) in [4.78, 5) is 21.3. The maximum absolute atomic E-state index is 15.5. The number of aromatic hydroxyl groups is 2. The van der Waals surface area contributed by atoms with Gasteiger partial charge in [0.25, 0.3) is 16.0 Å². The number of para-hydroxylation sites is 2. The summed E-state index contributed by atoms with van der Waals surface area (Å²) < 4.78 is 38.9. The average molecular weight is 773 g/mol. The van der Waals surface area contributed by atoms with Gasteiger partial charge >= 0.3 is 0 Å². The first-order valence-electron chi connectivity index (χ1n) is 18.2. The lowest BCUT2D eigenvalue weighted by atomic mass is 9.83. The molecule has 54 heavy (non-hydrogen) atoms. The van der Waals surface area contributed by atoms with E-state index in [4.69, 9.17) is 20.5 Å². The molecular formula is C41H45ClN4O7S. The lowest BCUT2D eigenvalue weighted by molar-refractivity contribution is 0.0190. The van der Waals surface area contributed by atoms with Crippen LogP contribution in [0, 0.1) is 0 Å². The molecule has 2 fully saturated rings. The second-order valence-electron chi connectivity index (χ2n) is 13.9. The highest BCUT2D eigenvalue weighted by atomic mass is 35.5. The number of phenols is 2. The quantitative estimate of drug-likeness (QED) is 0.112. The fourth-order valence-electron chi connectivity index (χ4n) is 7.71. The second kappa shape index (κ2) is 16.4. The largest absolute Gasteiger partial charge is 0.508 e. The van der Waals surface area contributed by atoms with Gasteiger partial charge in [-0.1, -0.05) is 66.2 Å². The van der Waals surface area contributed by atoms with Crippen molar-refractivity contribution in [3.63, 3.8) is 0 Å². The summed E-state index contributed by atoms with van der Waals surface area (Å²) >= 11 is 6.58. The average Bonchev–Trinajstić information content (AvgIpc) is 3.48. The van der Waals surface area contributed by atoms with Crippen LogP contribution in [0.4, 0.5) is 5.69 Å². The van der Waals surface area contributed by atoms with E-state index >= 15 is 4.79 Å². The van der Waals surface area contributed by atoms with Gasteiger partial charge in [0.1, 0.15) is 17.2 Å². The van der Waals surface area contributed by atoms with Gasteiger partial charge in [0, 0.05) is 55.1 Å². The topological polar surface area (TPSA) is 125 Å². The Morgan fingerprint density at radius 2 is 1.44 bits per heavy atom. The number of hydrogen-bond donors (Lipinski definition) is 2. The predicted molar refractivity (Wildman–Crippen MR) is 210 cm³/mol. The van der Waals surface area contributed by atoms with Crippen LogP contribution in [0.1, 0.15) is 45.9 Å². The van der Waals surface area contributed by atoms with E-state index in [0.29, 0.717) is 23.8 Å². The van der Waals surface area contributed by atoms with Crippen molar-refractivity contribution < 1.29 is 32.3 Å². The van der Waals surface area contributed by atoms with Gasteiger partial charge in [-0.25, -0.2) is 4.18 Å². The second-order valence-corrected chi connectivity index (χ2v) is 15.9. The number of rotatable bonds is 12. The van der Waals surface area contributed by atoms with Gasteiger partial charge in [0.05, 0.1) is 36.7 Å². The fourth-order valence-corrected chi connectivity index (χ4v) is 8.53. The van der Waals surface area contributed by atoms with Crippen molar-refractivity contribution in [1.82, 2.24) is 14.4 Å². The molecule has 1 atom stereocenters. The number of carbonyl (C=O) groups excluding carboxylic acids is 1. The molecule has 2 N–H and O–H groups in total. The third-order valence-electron chi connectivity index (χ3n) is 10.2. The number of aromatic nitrogens is 1. The van der Waals surface area contributed by atoms with Crippen LogP contribution in [0.15, 0.2) is 97.1 Å². The van der Waals surface area contributed by atoms with Crippen LogP contribution in [-0.4, -0.2) is 104 Å². The highest BCUT2D eigenvalue weighted by Gasteiger charge is 2.39. The van der Waals surface area contributed by atoms with Gasteiger partial charge in [0.15, 0.2) is 6.23 Å². The van der Waals surface area contributed by atoms with E-state index in [1.165, 1.54) is 4.90 Å². The van der Waals surface area contributed by atoms with Gasteiger partial charge in [-0.3, -0.25) is 9.69 Å². The zero-order valence-corrected chi connectivity index (χ0v) is 31.8. The molecule has 13 heteroatoms. The molecule has 2 saturated heterocycles. The van der Waals surface area contributed by atoms with Crippen LogP contribution in [0.2, 0.25) is 5.02 Å². The summed E-state index contributed by atoms with van der Waals surface area (Å²) in [5, 5.41) is 21.9. The third kappa shape index (κ3) is 8.38. The molecule has 7 rings (SSSR count). The molecule has 0 spiro atoms. The Labute approximate surface area is 321 Å². The van der Waals surface area contributed by atoms with E-state index in [1.807, 2.05) is 71.6 Å². The molecule has 2 aliphatic heterocycles. The highest BCUT2D eigenvalue weighted by molar-refractivity contribution is 7.86. The lowest BCUT2D eigenvalue weighted by Crippen LogP contribution is -2.57. The minimum Gasteiger partial charge on any atom is -0.508 e. The van der Waals surface area contributed by atoms with Crippen molar-refractivity contribution in [2.75, 3.05) is 63.6 Å². The smallest absolute Gasteiger partial charge is 0.273 e. The van der Waals surface area contributed by atoms with Gasteiger partial charge in [-0.15, -0.1) is 0 Å². The Hall–Kier alpha value is -4.59. The van der Waals surface area contributed by atoms with Gasteiger partial charge < -0.3 is 29.3 Å². The molecule has 1 unspecified atom stereocenters. The van der Waals surface area contributed by atoms with Crippen molar-refractivity contribution in [3.05, 3.63) is 124 Å². The van der Waals surface area contributed by atoms with E-state index in [2.05, 4.69) is 9.47 Å². The van der Waals surface area contributed by atoms with Crippen molar-refractivity contribution in [3.8, 4) is 11.5 Å². The van der Waals surface area contributed by atoms with E-state index in [1.54, 1.807) is 30.3 Å². The van der Waals surface area contributed by atoms with E-state index < -0.39 is 22.3 Å². The van der Waals surface area contributed by atoms with Crippen molar-refractivity contribution in [2.24, 2.45) is 0 Å². The zero-order valence-electron chi connectivity index (χ0n) is 30.2. The minimum atomic E-state index is -3.99. The molecule has 2 aliphatic rings.